The van der Waals surface area contributed by atoms with E-state index in [9.17, 15) is 9.59 Å². The lowest BCUT2D eigenvalue weighted by molar-refractivity contribution is 0.0510. The first-order valence-electron chi connectivity index (χ1n) is 8.23. The summed E-state index contributed by atoms with van der Waals surface area (Å²) < 4.78 is 9.97. The predicted octanol–water partition coefficient (Wildman–Crippen LogP) is 2.79. The summed E-state index contributed by atoms with van der Waals surface area (Å²) >= 11 is 6.01. The first-order chi connectivity index (χ1) is 12.6. The van der Waals surface area contributed by atoms with E-state index in [-0.39, 0.29) is 16.8 Å². The zero-order valence-corrected chi connectivity index (χ0v) is 16.5. The van der Waals surface area contributed by atoms with Crippen molar-refractivity contribution in [3.8, 4) is 0 Å². The number of halogens is 1. The van der Waals surface area contributed by atoms with Gasteiger partial charge in [0.1, 0.15) is 28.1 Å². The monoisotopic (exact) mass is 395 g/mol. The van der Waals surface area contributed by atoms with Crippen molar-refractivity contribution >= 4 is 40.5 Å². The van der Waals surface area contributed by atoms with Crippen LogP contribution in [0.15, 0.2) is 12.4 Å². The van der Waals surface area contributed by atoms with Crippen LogP contribution in [0, 0.1) is 0 Å². The fourth-order valence-corrected chi connectivity index (χ4v) is 2.41. The number of ether oxygens (including phenoxy) is 2. The van der Waals surface area contributed by atoms with Gasteiger partial charge in [0.2, 0.25) is 0 Å². The van der Waals surface area contributed by atoms with Crippen LogP contribution in [0.25, 0.3) is 11.0 Å². The van der Waals surface area contributed by atoms with Crippen molar-refractivity contribution in [2.45, 2.75) is 39.3 Å². The number of anilines is 1. The highest BCUT2D eigenvalue weighted by atomic mass is 35.5. The molecule has 9 nitrogen and oxygen atoms in total. The van der Waals surface area contributed by atoms with Crippen LogP contribution in [0.3, 0.4) is 0 Å². The van der Waals surface area contributed by atoms with Crippen molar-refractivity contribution in [3.05, 3.63) is 23.1 Å². The Labute approximate surface area is 161 Å². The van der Waals surface area contributed by atoms with Gasteiger partial charge in [0, 0.05) is 12.6 Å². The quantitative estimate of drug-likeness (QED) is 0.586. The molecule has 0 radical (unpaired) electrons. The van der Waals surface area contributed by atoms with Gasteiger partial charge in [-0.3, -0.25) is 0 Å². The lowest BCUT2D eigenvalue weighted by Crippen LogP contribution is -2.40. The van der Waals surface area contributed by atoms with Crippen molar-refractivity contribution in [2.24, 2.45) is 0 Å². The van der Waals surface area contributed by atoms with E-state index >= 15 is 0 Å². The lowest BCUT2D eigenvalue weighted by atomic mass is 10.2. The zero-order chi connectivity index (χ0) is 20.2. The van der Waals surface area contributed by atoms with Crippen molar-refractivity contribution in [3.63, 3.8) is 0 Å². The Morgan fingerprint density at radius 2 is 1.96 bits per heavy atom. The smallest absolute Gasteiger partial charge is 0.407 e. The van der Waals surface area contributed by atoms with Crippen LogP contribution in [0.2, 0.25) is 5.15 Å². The molecular weight excluding hydrogens is 374 g/mol. The highest BCUT2D eigenvalue weighted by Crippen LogP contribution is 2.24. The Hall–Kier alpha value is -2.68. The van der Waals surface area contributed by atoms with E-state index in [2.05, 4.69) is 25.6 Å². The second-order valence-electron chi connectivity index (χ2n) is 6.83. The molecule has 2 aromatic rings. The summed E-state index contributed by atoms with van der Waals surface area (Å²) in [6.45, 7) is 7.51. The molecule has 0 aliphatic heterocycles. The van der Waals surface area contributed by atoms with E-state index in [1.54, 1.807) is 27.7 Å². The molecule has 2 heterocycles. The molecule has 0 saturated carbocycles. The number of aromatic nitrogens is 3. The van der Waals surface area contributed by atoms with E-state index < -0.39 is 17.7 Å². The molecule has 0 bridgehead atoms. The minimum atomic E-state index is -0.578. The number of hydrogen-bond acceptors (Lipinski definition) is 8. The molecule has 10 heteroatoms. The number of carbonyl (C=O) groups excluding carboxylic acids is 2. The molecule has 1 amide bonds. The molecule has 0 aliphatic carbocycles. The Kier molecular flexibility index (Phi) is 6.37. The van der Waals surface area contributed by atoms with Crippen LogP contribution in [0.5, 0.6) is 0 Å². The fraction of sp³-hybridized carbons (Fsp3) is 0.471. The number of fused-ring (bicyclic) bond motifs is 1. The van der Waals surface area contributed by atoms with Gasteiger partial charge in [-0.25, -0.2) is 24.5 Å². The molecular formula is C17H22ClN5O4. The molecule has 27 heavy (non-hydrogen) atoms. The Morgan fingerprint density at radius 3 is 2.59 bits per heavy atom. The maximum Gasteiger partial charge on any atom is 0.407 e. The zero-order valence-electron chi connectivity index (χ0n) is 15.8. The number of carbonyl (C=O) groups is 2. The van der Waals surface area contributed by atoms with Crippen LogP contribution in [0.1, 0.15) is 38.1 Å². The topological polar surface area (TPSA) is 115 Å². The number of esters is 1. The molecule has 0 spiro atoms. The van der Waals surface area contributed by atoms with Crippen LogP contribution in [0.4, 0.5) is 10.6 Å². The number of amides is 1. The summed E-state index contributed by atoms with van der Waals surface area (Å²) in [7, 11) is 1.27. The molecule has 1 unspecified atom stereocenters. The SMILES string of the molecule is COC(=O)c1cc(Cl)nc2c(NCC(C)NC(=O)OC(C)(C)C)ncnc12. The average molecular weight is 396 g/mol. The van der Waals surface area contributed by atoms with Gasteiger partial charge in [0.15, 0.2) is 5.82 Å². The molecule has 0 aromatic carbocycles. The molecule has 2 aromatic heterocycles. The Bertz CT molecular complexity index is 853. The largest absolute Gasteiger partial charge is 0.465 e. The number of alkyl carbamates (subject to hydrolysis) is 1. The van der Waals surface area contributed by atoms with E-state index in [1.165, 1.54) is 19.5 Å². The summed E-state index contributed by atoms with van der Waals surface area (Å²) in [5.74, 6) is -0.195. The number of nitrogens with one attached hydrogen (secondary N) is 2. The highest BCUT2D eigenvalue weighted by molar-refractivity contribution is 6.30. The second kappa shape index (κ2) is 8.34. The first kappa shape index (κ1) is 20.6. The minimum absolute atomic E-state index is 0.112. The molecule has 0 aliphatic rings. The predicted molar refractivity (Wildman–Crippen MR) is 101 cm³/mol. The van der Waals surface area contributed by atoms with Gasteiger partial charge in [0.05, 0.1) is 12.7 Å². The van der Waals surface area contributed by atoms with Crippen LogP contribution in [-0.4, -0.2) is 52.3 Å². The molecule has 2 rings (SSSR count). The molecule has 1 atom stereocenters. The van der Waals surface area contributed by atoms with Gasteiger partial charge in [-0.2, -0.15) is 0 Å². The van der Waals surface area contributed by atoms with E-state index in [0.717, 1.165) is 0 Å². The van der Waals surface area contributed by atoms with Crippen LogP contribution < -0.4 is 10.6 Å². The van der Waals surface area contributed by atoms with Gasteiger partial charge < -0.3 is 20.1 Å². The van der Waals surface area contributed by atoms with E-state index in [4.69, 9.17) is 21.1 Å². The minimum Gasteiger partial charge on any atom is -0.465 e. The van der Waals surface area contributed by atoms with Crippen molar-refractivity contribution in [1.82, 2.24) is 20.3 Å². The summed E-state index contributed by atoms with van der Waals surface area (Å²) in [6.07, 6.45) is 0.789. The second-order valence-corrected chi connectivity index (χ2v) is 7.22. The van der Waals surface area contributed by atoms with Gasteiger partial charge in [-0.05, 0) is 33.8 Å². The molecule has 0 saturated heterocycles. The Morgan fingerprint density at radius 1 is 1.26 bits per heavy atom. The lowest BCUT2D eigenvalue weighted by Gasteiger charge is -2.22. The van der Waals surface area contributed by atoms with E-state index in [1.807, 2.05) is 0 Å². The third-order valence-corrected chi connectivity index (χ3v) is 3.50. The summed E-state index contributed by atoms with van der Waals surface area (Å²) in [5.41, 5.74) is 0.259. The normalized spacial score (nSPS) is 12.4. The first-order valence-corrected chi connectivity index (χ1v) is 8.61. The average Bonchev–Trinajstić information content (AvgIpc) is 2.56. The number of nitrogens with zero attached hydrogens (tertiary/aromatic N) is 3. The number of pyridine rings is 1. The standard InChI is InChI=1S/C17H22ClN5O4/c1-9(22-16(25)27-17(2,3)4)7-19-14-13-12(20-8-21-14)10(15(24)26-5)6-11(18)23-13/h6,8-9H,7H2,1-5H3,(H,22,25)(H,19,20,21). The molecule has 146 valence electrons. The molecule has 0 fully saturated rings. The van der Waals surface area contributed by atoms with E-state index in [0.29, 0.717) is 23.4 Å². The summed E-state index contributed by atoms with van der Waals surface area (Å²) in [4.78, 5) is 36.2. The third-order valence-electron chi connectivity index (χ3n) is 3.30. The highest BCUT2D eigenvalue weighted by Gasteiger charge is 2.19. The van der Waals surface area contributed by atoms with Gasteiger partial charge in [-0.1, -0.05) is 11.6 Å². The summed E-state index contributed by atoms with van der Waals surface area (Å²) in [6, 6.07) is 1.13. The van der Waals surface area contributed by atoms with Crippen molar-refractivity contribution < 1.29 is 19.1 Å². The third kappa shape index (κ3) is 5.65. The summed E-state index contributed by atoms with van der Waals surface area (Å²) in [5, 5.41) is 5.90. The van der Waals surface area contributed by atoms with Gasteiger partial charge in [-0.15, -0.1) is 0 Å². The fourth-order valence-electron chi connectivity index (χ4n) is 2.21. The maximum absolute atomic E-state index is 11.9. The number of rotatable bonds is 5. The maximum atomic E-state index is 11.9. The van der Waals surface area contributed by atoms with Crippen LogP contribution in [-0.2, 0) is 9.47 Å². The molecule has 2 N–H and O–H groups in total. The van der Waals surface area contributed by atoms with Gasteiger partial charge >= 0.3 is 12.1 Å². The Balaban J connectivity index is 2.16. The van der Waals surface area contributed by atoms with Gasteiger partial charge in [0.25, 0.3) is 0 Å². The van der Waals surface area contributed by atoms with Crippen molar-refractivity contribution in [2.75, 3.05) is 19.0 Å². The van der Waals surface area contributed by atoms with Crippen LogP contribution >= 0.6 is 11.6 Å². The number of hydrogen-bond donors (Lipinski definition) is 2. The van der Waals surface area contributed by atoms with Crippen molar-refractivity contribution in [1.29, 1.82) is 0 Å². The number of methoxy groups -OCH3 is 1.